The van der Waals surface area contributed by atoms with E-state index in [9.17, 15) is 19.2 Å². The van der Waals surface area contributed by atoms with Crippen molar-refractivity contribution in [1.29, 1.82) is 0 Å². The predicted molar refractivity (Wildman–Crippen MR) is 233 cm³/mol. The molecule has 4 amide bonds. The molecule has 3 aromatic carbocycles. The van der Waals surface area contributed by atoms with Crippen molar-refractivity contribution in [1.82, 2.24) is 40.4 Å². The number of carbonyl (C=O) groups excluding carboxylic acids is 4. The van der Waals surface area contributed by atoms with Gasteiger partial charge in [0.25, 0.3) is 0 Å². The number of benzene rings is 3. The van der Waals surface area contributed by atoms with E-state index in [2.05, 4.69) is 57.0 Å². The summed E-state index contributed by atoms with van der Waals surface area (Å²) < 4.78 is 16.5. The van der Waals surface area contributed by atoms with Crippen LogP contribution in [0.3, 0.4) is 0 Å². The smallest absolute Gasteiger partial charge is 0.407 e. The largest absolute Gasteiger partial charge is 0.457 e. The Labute approximate surface area is 360 Å². The van der Waals surface area contributed by atoms with Gasteiger partial charge in [-0.05, 0) is 80.0 Å². The molecule has 6 atom stereocenters. The van der Waals surface area contributed by atoms with Crippen molar-refractivity contribution in [2.45, 2.75) is 109 Å². The van der Waals surface area contributed by atoms with Crippen LogP contribution in [0.15, 0.2) is 48.7 Å². The average molecular weight is 845 g/mol. The molecule has 1 spiro atoms. The predicted octanol–water partition coefficient (Wildman–Crippen LogP) is 8.16. The van der Waals surface area contributed by atoms with Gasteiger partial charge in [-0.2, -0.15) is 0 Å². The van der Waals surface area contributed by atoms with Crippen LogP contribution in [0.5, 0.6) is 11.5 Å². The maximum absolute atomic E-state index is 14.0. The first-order valence-electron chi connectivity index (χ1n) is 22.1. The summed E-state index contributed by atoms with van der Waals surface area (Å²) in [5.41, 5.74) is 5.67. The number of likely N-dealkylation sites (tertiary alicyclic amines) is 2. The van der Waals surface area contributed by atoms with Gasteiger partial charge in [-0.15, -0.1) is 0 Å². The number of methoxy groups -OCH3 is 2. The van der Waals surface area contributed by atoms with Crippen LogP contribution in [-0.2, 0) is 24.5 Å². The summed E-state index contributed by atoms with van der Waals surface area (Å²) in [5, 5.41) is 7.59. The quantitative estimate of drug-likeness (QED) is 0.102. The molecule has 15 nitrogen and oxygen atoms in total. The summed E-state index contributed by atoms with van der Waals surface area (Å²) in [4.78, 5) is 73.0. The number of hydrogen-bond donors (Lipinski definition) is 4. The molecule has 0 bridgehead atoms. The minimum absolute atomic E-state index is 0.0677. The summed E-state index contributed by atoms with van der Waals surface area (Å²) in [7, 11) is 2.61. The Hall–Kier alpha value is -6.12. The molecule has 1 saturated carbocycles. The highest BCUT2D eigenvalue weighted by Crippen LogP contribution is 2.62. The van der Waals surface area contributed by atoms with Crippen LogP contribution in [0, 0.1) is 11.8 Å². The van der Waals surface area contributed by atoms with Crippen molar-refractivity contribution in [2.24, 2.45) is 11.8 Å². The first-order chi connectivity index (χ1) is 30.0. The number of aromatic amines is 2. The second kappa shape index (κ2) is 16.3. The summed E-state index contributed by atoms with van der Waals surface area (Å²) in [6.07, 6.45) is 7.26. The molecular formula is C47H56N8O7. The number of imidazole rings is 2. The van der Waals surface area contributed by atoms with Crippen LogP contribution < -0.4 is 15.4 Å². The van der Waals surface area contributed by atoms with Gasteiger partial charge in [0.2, 0.25) is 11.8 Å². The third-order valence-corrected chi connectivity index (χ3v) is 14.1. The Balaban J connectivity index is 0.974. The van der Waals surface area contributed by atoms with E-state index < -0.39 is 24.3 Å². The molecule has 4 N–H and O–H groups in total. The molecule has 4 aliphatic rings. The lowest BCUT2D eigenvalue weighted by molar-refractivity contribution is -0.136. The van der Waals surface area contributed by atoms with Crippen molar-refractivity contribution in [2.75, 3.05) is 27.3 Å². The minimum atomic E-state index is -0.692. The second-order valence-corrected chi connectivity index (χ2v) is 17.6. The van der Waals surface area contributed by atoms with Crippen LogP contribution in [0.25, 0.3) is 33.1 Å². The molecule has 2 aromatic heterocycles. The van der Waals surface area contributed by atoms with Gasteiger partial charge in [0.1, 0.15) is 35.2 Å². The van der Waals surface area contributed by atoms with E-state index in [0.717, 1.165) is 113 Å². The molecular weight excluding hydrogens is 789 g/mol. The third kappa shape index (κ3) is 7.08. The van der Waals surface area contributed by atoms with Crippen molar-refractivity contribution >= 4 is 45.8 Å². The van der Waals surface area contributed by atoms with Gasteiger partial charge >= 0.3 is 12.2 Å². The van der Waals surface area contributed by atoms with Crippen molar-refractivity contribution < 1.29 is 33.4 Å². The highest BCUT2D eigenvalue weighted by atomic mass is 16.5. The van der Waals surface area contributed by atoms with Gasteiger partial charge in [-0.25, -0.2) is 19.6 Å². The van der Waals surface area contributed by atoms with Crippen molar-refractivity contribution in [3.05, 3.63) is 71.4 Å². The maximum atomic E-state index is 14.0. The summed E-state index contributed by atoms with van der Waals surface area (Å²) in [6.45, 7) is 9.11. The molecule has 0 radical (unpaired) electrons. The SMILES string of the molecule is CC[C@H](C)[C@H](NC(=O)OC)C(=O)N1CCC[C@H]1c1ncc(-c2ccc3c(c2)Oc2cc4ccc5[nH]c([C@@H]6CCCN6C(=O)[C@@H](NC(=O)OC)[C@@H](C)CC)nc5c4cc2C32CC2)[nH]1. The lowest BCUT2D eigenvalue weighted by atomic mass is 9.83. The van der Waals surface area contributed by atoms with E-state index in [1.54, 1.807) is 0 Å². The molecule has 0 unspecified atom stereocenters. The monoisotopic (exact) mass is 844 g/mol. The van der Waals surface area contributed by atoms with E-state index in [1.807, 2.05) is 49.8 Å². The number of nitrogens with zero attached hydrogens (tertiary/aromatic N) is 4. The molecule has 9 rings (SSSR count). The zero-order valence-corrected chi connectivity index (χ0v) is 36.3. The average Bonchev–Trinajstić information content (AvgIpc) is 3.82. The number of amides is 4. The molecule has 326 valence electrons. The van der Waals surface area contributed by atoms with Crippen LogP contribution in [0.1, 0.15) is 114 Å². The van der Waals surface area contributed by atoms with E-state index in [0.29, 0.717) is 18.9 Å². The number of alkyl carbamates (subject to hydrolysis) is 2. The van der Waals surface area contributed by atoms with E-state index in [-0.39, 0.29) is 41.1 Å². The van der Waals surface area contributed by atoms with Crippen LogP contribution >= 0.6 is 0 Å². The number of carbonyl (C=O) groups is 4. The van der Waals surface area contributed by atoms with E-state index >= 15 is 0 Å². The number of H-pyrrole nitrogens is 2. The van der Waals surface area contributed by atoms with E-state index in [1.165, 1.54) is 14.2 Å². The van der Waals surface area contributed by atoms with Crippen LogP contribution in [0.4, 0.5) is 9.59 Å². The molecule has 3 aliphatic heterocycles. The lowest BCUT2D eigenvalue weighted by Gasteiger charge is -2.30. The molecule has 2 saturated heterocycles. The highest BCUT2D eigenvalue weighted by molar-refractivity contribution is 6.05. The highest BCUT2D eigenvalue weighted by Gasteiger charge is 2.52. The van der Waals surface area contributed by atoms with Gasteiger partial charge in [0.15, 0.2) is 0 Å². The summed E-state index contributed by atoms with van der Waals surface area (Å²) in [5.74, 6) is 2.72. The Morgan fingerprint density at radius 1 is 0.806 bits per heavy atom. The van der Waals surface area contributed by atoms with Crippen molar-refractivity contribution in [3.8, 4) is 22.8 Å². The first-order valence-corrected chi connectivity index (χ1v) is 22.1. The van der Waals surface area contributed by atoms with Crippen LogP contribution in [0.2, 0.25) is 0 Å². The Bertz CT molecular complexity index is 2560. The Kier molecular flexibility index (Phi) is 10.8. The molecule has 15 heteroatoms. The third-order valence-electron chi connectivity index (χ3n) is 14.1. The van der Waals surface area contributed by atoms with Crippen LogP contribution in [-0.4, -0.2) is 93.1 Å². The molecule has 5 heterocycles. The number of rotatable bonds is 11. The minimum Gasteiger partial charge on any atom is -0.457 e. The summed E-state index contributed by atoms with van der Waals surface area (Å²) >= 11 is 0. The topological polar surface area (TPSA) is 184 Å². The van der Waals surface area contributed by atoms with E-state index in [4.69, 9.17) is 24.2 Å². The van der Waals surface area contributed by atoms with Gasteiger partial charge in [-0.1, -0.05) is 58.7 Å². The number of hydrogen-bond acceptors (Lipinski definition) is 9. The van der Waals surface area contributed by atoms with Gasteiger partial charge in [0, 0.05) is 40.6 Å². The summed E-state index contributed by atoms with van der Waals surface area (Å²) in [6, 6.07) is 13.0. The fraction of sp³-hybridized carbons (Fsp3) is 0.489. The molecule has 5 aromatic rings. The zero-order chi connectivity index (χ0) is 43.4. The number of ether oxygens (including phenoxy) is 3. The fourth-order valence-electron chi connectivity index (χ4n) is 9.93. The van der Waals surface area contributed by atoms with Crippen molar-refractivity contribution in [3.63, 3.8) is 0 Å². The normalized spacial score (nSPS) is 20.5. The molecule has 3 fully saturated rings. The first kappa shape index (κ1) is 41.2. The second-order valence-electron chi connectivity index (χ2n) is 17.6. The molecule has 1 aliphatic carbocycles. The van der Waals surface area contributed by atoms with Gasteiger partial charge in [0.05, 0.1) is 49.2 Å². The zero-order valence-electron chi connectivity index (χ0n) is 36.3. The number of aromatic nitrogens is 4. The number of fused-ring (bicyclic) bond motifs is 7. The lowest BCUT2D eigenvalue weighted by Crippen LogP contribution is -2.51. The Morgan fingerprint density at radius 3 is 2.02 bits per heavy atom. The Morgan fingerprint density at radius 2 is 1.42 bits per heavy atom. The van der Waals surface area contributed by atoms with Gasteiger partial charge in [-0.3, -0.25) is 9.59 Å². The molecule has 62 heavy (non-hydrogen) atoms. The van der Waals surface area contributed by atoms with Gasteiger partial charge < -0.3 is 44.6 Å². The maximum Gasteiger partial charge on any atom is 0.407 e. The standard InChI is InChI=1S/C47H56N8O7/c1-7-25(3)38(52-45(58)60-5)43(56)54-19-9-11-34(54)41-48-24-33(50-41)28-13-15-30-36(22-28)62-37-21-27-14-16-32-40(29(27)23-31(37)47(30)17-18-47)51-42(49-32)35-12-10-20-55(35)44(57)39(26(4)8-2)53-46(59)61-6/h13-16,21-26,34-35,38-39H,7-12,17-20H2,1-6H3,(H,48,50)(H,49,51)(H,52,58)(H,53,59)/t25-,26-,34-,35-,38-,39-/m0/s1. The fourth-order valence-corrected chi connectivity index (χ4v) is 9.93. The number of nitrogens with one attached hydrogen (secondary N) is 4.